The van der Waals surface area contributed by atoms with E-state index in [0.717, 1.165) is 22.3 Å². The average molecular weight is 421 g/mol. The summed E-state index contributed by atoms with van der Waals surface area (Å²) < 4.78 is 12.1. The fraction of sp³-hybridized carbons (Fsp3) is 0.348. The molecule has 0 saturated heterocycles. The lowest BCUT2D eigenvalue weighted by Crippen LogP contribution is -1.98. The second-order valence-electron chi connectivity index (χ2n) is 6.27. The van der Waals surface area contributed by atoms with E-state index in [0.29, 0.717) is 4.83 Å². The van der Waals surface area contributed by atoms with E-state index in [-0.39, 0.29) is 11.6 Å². The molecular formula is C23H30BrFO. The number of halogens is 2. The van der Waals surface area contributed by atoms with E-state index in [2.05, 4.69) is 35.9 Å². The molecule has 0 aliphatic carbocycles. The maximum absolute atomic E-state index is 12.1. The number of ketones is 1. The van der Waals surface area contributed by atoms with E-state index in [1.807, 2.05) is 45.9 Å². The van der Waals surface area contributed by atoms with Crippen molar-refractivity contribution in [2.24, 2.45) is 0 Å². The molecule has 2 aromatic carbocycles. The van der Waals surface area contributed by atoms with Gasteiger partial charge < -0.3 is 0 Å². The summed E-state index contributed by atoms with van der Waals surface area (Å²) in [7, 11) is 0. The largest absolute Gasteiger partial charge is 0.294 e. The van der Waals surface area contributed by atoms with Crippen LogP contribution in [0.15, 0.2) is 54.1 Å². The van der Waals surface area contributed by atoms with Gasteiger partial charge in [-0.25, -0.2) is 4.39 Å². The smallest absolute Gasteiger partial charge is 0.160 e. The standard InChI is InChI=1S/C10H12O.C7H7F.C6H11Br/c1-7-5-4-6-8(2)10(7)9(3)11;1-6-2-4-7(8)5-3-6;1-4-5(2)6(3)7/h4-6H,1-3H3;2-5H,1H3;4,6H,1-3H3/b;;5-4+. The lowest BCUT2D eigenvalue weighted by molar-refractivity contribution is 0.101. The number of alkyl halides is 1. The zero-order valence-corrected chi connectivity index (χ0v) is 18.4. The van der Waals surface area contributed by atoms with Crippen LogP contribution in [0.25, 0.3) is 0 Å². The first kappa shape index (κ1) is 24.3. The van der Waals surface area contributed by atoms with Crippen LogP contribution in [-0.2, 0) is 0 Å². The van der Waals surface area contributed by atoms with Crippen molar-refractivity contribution < 1.29 is 9.18 Å². The van der Waals surface area contributed by atoms with Crippen molar-refractivity contribution >= 4 is 21.7 Å². The fourth-order valence-electron chi connectivity index (χ4n) is 2.13. The molecule has 0 spiro atoms. The van der Waals surface area contributed by atoms with Crippen LogP contribution in [-0.4, -0.2) is 10.6 Å². The van der Waals surface area contributed by atoms with Gasteiger partial charge in [0.25, 0.3) is 0 Å². The molecule has 0 radical (unpaired) electrons. The predicted octanol–water partition coefficient (Wildman–Crippen LogP) is 7.38. The normalized spacial score (nSPS) is 11.5. The molecule has 0 aliphatic heterocycles. The Morgan fingerprint density at radius 3 is 1.69 bits per heavy atom. The third kappa shape index (κ3) is 9.67. The molecule has 2 rings (SSSR count). The van der Waals surface area contributed by atoms with Crippen LogP contribution in [0.2, 0.25) is 0 Å². The SMILES string of the molecule is C/C=C(\C)C(C)Br.CC(=O)c1c(C)cccc1C.Cc1ccc(F)cc1. The second kappa shape index (κ2) is 12.6. The summed E-state index contributed by atoms with van der Waals surface area (Å²) in [5.41, 5.74) is 5.48. The number of carbonyl (C=O) groups excluding carboxylic acids is 1. The van der Waals surface area contributed by atoms with Gasteiger partial charge in [-0.15, -0.1) is 0 Å². The number of benzene rings is 2. The molecule has 2 aromatic rings. The summed E-state index contributed by atoms with van der Waals surface area (Å²) >= 11 is 3.43. The van der Waals surface area contributed by atoms with E-state index in [4.69, 9.17) is 0 Å². The van der Waals surface area contributed by atoms with Gasteiger partial charge in [-0.2, -0.15) is 0 Å². The first-order valence-electron chi connectivity index (χ1n) is 8.66. The lowest BCUT2D eigenvalue weighted by Gasteiger charge is -2.04. The minimum absolute atomic E-state index is 0.153. The molecule has 0 amide bonds. The number of rotatable bonds is 2. The molecule has 0 bridgehead atoms. The molecule has 0 saturated carbocycles. The predicted molar refractivity (Wildman–Crippen MR) is 115 cm³/mol. The number of hydrogen-bond donors (Lipinski definition) is 0. The van der Waals surface area contributed by atoms with Crippen LogP contribution < -0.4 is 0 Å². The highest BCUT2D eigenvalue weighted by atomic mass is 79.9. The van der Waals surface area contributed by atoms with E-state index < -0.39 is 0 Å². The first-order chi connectivity index (χ1) is 12.1. The Hall–Kier alpha value is -1.74. The summed E-state index contributed by atoms with van der Waals surface area (Å²) in [5.74, 6) is -0.0174. The summed E-state index contributed by atoms with van der Waals surface area (Å²) in [6.07, 6.45) is 2.11. The van der Waals surface area contributed by atoms with E-state index in [1.165, 1.54) is 17.7 Å². The van der Waals surface area contributed by atoms with Crippen molar-refractivity contribution in [3.63, 3.8) is 0 Å². The number of Topliss-reactive ketones (excluding diaryl/α,β-unsaturated/α-hetero) is 1. The Balaban J connectivity index is 0.000000373. The molecule has 1 unspecified atom stereocenters. The topological polar surface area (TPSA) is 17.1 Å². The zero-order valence-electron chi connectivity index (χ0n) is 16.9. The summed E-state index contributed by atoms with van der Waals surface area (Å²) in [5, 5.41) is 0. The Kier molecular flexibility index (Phi) is 11.7. The summed E-state index contributed by atoms with van der Waals surface area (Å²) in [6, 6.07) is 12.3. The molecule has 0 fully saturated rings. The molecule has 0 heterocycles. The number of aryl methyl sites for hydroxylation is 3. The van der Waals surface area contributed by atoms with Crippen molar-refractivity contribution in [3.8, 4) is 0 Å². The fourth-order valence-corrected chi connectivity index (χ4v) is 2.40. The number of allylic oxidation sites excluding steroid dienone is 2. The molecule has 3 heteroatoms. The van der Waals surface area contributed by atoms with Gasteiger partial charge >= 0.3 is 0 Å². The van der Waals surface area contributed by atoms with Gasteiger partial charge in [0.2, 0.25) is 0 Å². The maximum Gasteiger partial charge on any atom is 0.160 e. The van der Waals surface area contributed by atoms with Crippen molar-refractivity contribution in [1.29, 1.82) is 0 Å². The van der Waals surface area contributed by atoms with Crippen LogP contribution >= 0.6 is 15.9 Å². The van der Waals surface area contributed by atoms with Crippen molar-refractivity contribution in [2.75, 3.05) is 0 Å². The van der Waals surface area contributed by atoms with Crippen molar-refractivity contribution in [1.82, 2.24) is 0 Å². The minimum Gasteiger partial charge on any atom is -0.294 e. The summed E-state index contributed by atoms with van der Waals surface area (Å²) in [4.78, 5) is 11.6. The molecule has 142 valence electrons. The number of carbonyl (C=O) groups is 1. The molecule has 0 aliphatic rings. The van der Waals surface area contributed by atoms with Gasteiger partial charge in [-0.05, 0) is 71.7 Å². The van der Waals surface area contributed by atoms with Crippen molar-refractivity contribution in [3.05, 3.63) is 82.2 Å². The second-order valence-corrected chi connectivity index (χ2v) is 7.64. The minimum atomic E-state index is -0.171. The Morgan fingerprint density at radius 1 is 1.00 bits per heavy atom. The highest BCUT2D eigenvalue weighted by Gasteiger charge is 2.05. The van der Waals surface area contributed by atoms with E-state index in [9.17, 15) is 9.18 Å². The lowest BCUT2D eigenvalue weighted by atomic mass is 10.0. The number of hydrogen-bond acceptors (Lipinski definition) is 1. The Labute approximate surface area is 166 Å². The molecule has 0 aromatic heterocycles. The first-order valence-corrected chi connectivity index (χ1v) is 9.57. The van der Waals surface area contributed by atoms with E-state index in [1.54, 1.807) is 19.1 Å². The molecule has 1 atom stereocenters. The van der Waals surface area contributed by atoms with Crippen LogP contribution in [0.3, 0.4) is 0 Å². The monoisotopic (exact) mass is 420 g/mol. The van der Waals surface area contributed by atoms with Gasteiger partial charge in [0.1, 0.15) is 5.82 Å². The van der Waals surface area contributed by atoms with Crippen LogP contribution in [0.4, 0.5) is 4.39 Å². The van der Waals surface area contributed by atoms with Gasteiger partial charge in [-0.3, -0.25) is 4.79 Å². The zero-order chi connectivity index (χ0) is 20.3. The quantitative estimate of drug-likeness (QED) is 0.281. The third-order valence-electron chi connectivity index (χ3n) is 3.93. The summed E-state index contributed by atoms with van der Waals surface area (Å²) in [6.45, 7) is 13.7. The van der Waals surface area contributed by atoms with Crippen molar-refractivity contribution in [2.45, 2.75) is 53.3 Å². The van der Waals surface area contributed by atoms with Crippen LogP contribution in [0.1, 0.15) is 54.7 Å². The molecular weight excluding hydrogens is 391 g/mol. The molecule has 1 nitrogen and oxygen atoms in total. The van der Waals surface area contributed by atoms with Gasteiger partial charge in [-0.1, -0.05) is 63.5 Å². The van der Waals surface area contributed by atoms with Gasteiger partial charge in [0.05, 0.1) is 0 Å². The highest BCUT2D eigenvalue weighted by Crippen LogP contribution is 2.13. The van der Waals surface area contributed by atoms with Crippen LogP contribution in [0.5, 0.6) is 0 Å². The van der Waals surface area contributed by atoms with Crippen LogP contribution in [0, 0.1) is 26.6 Å². The molecule has 0 N–H and O–H groups in total. The highest BCUT2D eigenvalue weighted by molar-refractivity contribution is 9.09. The molecule has 26 heavy (non-hydrogen) atoms. The average Bonchev–Trinajstić information content (AvgIpc) is 2.57. The Morgan fingerprint density at radius 2 is 1.46 bits per heavy atom. The van der Waals surface area contributed by atoms with Gasteiger partial charge in [0.15, 0.2) is 5.78 Å². The Bertz CT molecular complexity index is 674. The maximum atomic E-state index is 12.1. The van der Waals surface area contributed by atoms with E-state index >= 15 is 0 Å². The third-order valence-corrected chi connectivity index (χ3v) is 4.65. The van der Waals surface area contributed by atoms with Gasteiger partial charge in [0, 0.05) is 10.4 Å².